The van der Waals surface area contributed by atoms with E-state index in [1.54, 1.807) is 29.2 Å². The fraction of sp³-hybridized carbons (Fsp3) is 0.278. The van der Waals surface area contributed by atoms with Crippen LogP contribution in [0.5, 0.6) is 0 Å². The average Bonchev–Trinajstić information content (AvgIpc) is 3.29. The van der Waals surface area contributed by atoms with Crippen LogP contribution in [-0.2, 0) is 32.5 Å². The van der Waals surface area contributed by atoms with E-state index in [9.17, 15) is 19.5 Å². The van der Waals surface area contributed by atoms with E-state index in [2.05, 4.69) is 17.0 Å². The van der Waals surface area contributed by atoms with Gasteiger partial charge in [0, 0.05) is 25.8 Å². The largest absolute Gasteiger partial charge is 0.465 e. The first-order chi connectivity index (χ1) is 21.5. The maximum Gasteiger partial charge on any atom is 0.407 e. The predicted molar refractivity (Wildman–Crippen MR) is 165 cm³/mol. The summed E-state index contributed by atoms with van der Waals surface area (Å²) >= 11 is 0. The van der Waals surface area contributed by atoms with Crippen LogP contribution in [0.1, 0.15) is 73.1 Å². The van der Waals surface area contributed by atoms with Crippen LogP contribution in [-0.4, -0.2) is 55.3 Å². The van der Waals surface area contributed by atoms with Crippen molar-refractivity contribution >= 4 is 17.9 Å². The van der Waals surface area contributed by atoms with E-state index in [0.717, 1.165) is 41.6 Å². The minimum Gasteiger partial charge on any atom is -0.465 e. The second-order valence-corrected chi connectivity index (χ2v) is 12.0. The number of hydrogen-bond donors (Lipinski definition) is 1. The van der Waals surface area contributed by atoms with Gasteiger partial charge in [0.25, 0.3) is 11.8 Å². The Morgan fingerprint density at radius 2 is 1.50 bits per heavy atom. The molecule has 0 spiro atoms. The minimum absolute atomic E-state index is 0.0748. The van der Waals surface area contributed by atoms with Crippen molar-refractivity contribution in [3.63, 3.8) is 0 Å². The molecule has 1 aromatic heterocycles. The van der Waals surface area contributed by atoms with Gasteiger partial charge < -0.3 is 5.11 Å². The Balaban J connectivity index is 1.14. The second-order valence-electron chi connectivity index (χ2n) is 12.0. The summed E-state index contributed by atoms with van der Waals surface area (Å²) in [4.78, 5) is 48.3. The van der Waals surface area contributed by atoms with E-state index >= 15 is 0 Å². The third kappa shape index (κ3) is 5.26. The quantitative estimate of drug-likeness (QED) is 0.273. The fourth-order valence-electron chi connectivity index (χ4n) is 7.04. The van der Waals surface area contributed by atoms with Crippen LogP contribution in [0.3, 0.4) is 0 Å². The van der Waals surface area contributed by atoms with Gasteiger partial charge in [-0.3, -0.25) is 29.3 Å². The highest BCUT2D eigenvalue weighted by atomic mass is 16.4. The summed E-state index contributed by atoms with van der Waals surface area (Å²) in [5, 5.41) is 10.2. The van der Waals surface area contributed by atoms with Gasteiger partial charge in [0.1, 0.15) is 0 Å². The van der Waals surface area contributed by atoms with Crippen LogP contribution in [0.2, 0.25) is 0 Å². The first-order valence-electron chi connectivity index (χ1n) is 15.2. The molecule has 1 aliphatic carbocycles. The van der Waals surface area contributed by atoms with Crippen LogP contribution >= 0.6 is 0 Å². The predicted octanol–water partition coefficient (Wildman–Crippen LogP) is 5.86. The minimum atomic E-state index is -0.899. The SMILES string of the molecule is O=C1c2ccccc2C(=O)N1Cc1ccc(CN(C[C@H]2Cc3ccccc3CN2C(=O)O)[C@H]2CCCc3cccnc32)cc1. The van der Waals surface area contributed by atoms with Crippen LogP contribution in [0.25, 0.3) is 0 Å². The monoisotopic (exact) mass is 586 g/mol. The molecule has 3 amide bonds. The van der Waals surface area contributed by atoms with Gasteiger partial charge in [-0.25, -0.2) is 4.79 Å². The molecule has 0 saturated carbocycles. The van der Waals surface area contributed by atoms with Crippen molar-refractivity contribution in [1.29, 1.82) is 0 Å². The topological polar surface area (TPSA) is 94.1 Å². The maximum atomic E-state index is 12.9. The number of pyridine rings is 1. The van der Waals surface area contributed by atoms with E-state index in [1.165, 1.54) is 16.0 Å². The van der Waals surface area contributed by atoms with E-state index in [1.807, 2.05) is 54.7 Å². The van der Waals surface area contributed by atoms with Crippen LogP contribution < -0.4 is 0 Å². The average molecular weight is 587 g/mol. The number of carbonyl (C=O) groups excluding carboxylic acids is 2. The normalized spacial score (nSPS) is 19.1. The summed E-state index contributed by atoms with van der Waals surface area (Å²) in [6.45, 7) is 1.80. The molecular formula is C36H34N4O4. The van der Waals surface area contributed by atoms with Gasteiger partial charge in [0.05, 0.1) is 35.4 Å². The molecule has 3 aromatic carbocycles. The fourth-order valence-corrected chi connectivity index (χ4v) is 7.04. The molecule has 3 aliphatic rings. The Morgan fingerprint density at radius 3 is 2.23 bits per heavy atom. The zero-order valence-electron chi connectivity index (χ0n) is 24.4. The van der Waals surface area contributed by atoms with Crippen molar-refractivity contribution in [1.82, 2.24) is 19.7 Å². The number of carboxylic acid groups (broad SMARTS) is 1. The smallest absolute Gasteiger partial charge is 0.407 e. The first-order valence-corrected chi connectivity index (χ1v) is 15.2. The van der Waals surface area contributed by atoms with E-state index in [0.29, 0.717) is 37.2 Å². The molecule has 222 valence electrons. The Morgan fingerprint density at radius 1 is 0.841 bits per heavy atom. The number of hydrogen-bond acceptors (Lipinski definition) is 5. The lowest BCUT2D eigenvalue weighted by molar-refractivity contribution is 0.0642. The van der Waals surface area contributed by atoms with Crippen LogP contribution in [0.4, 0.5) is 4.79 Å². The lowest BCUT2D eigenvalue weighted by Crippen LogP contribution is -2.50. The van der Waals surface area contributed by atoms with E-state index in [-0.39, 0.29) is 30.4 Å². The van der Waals surface area contributed by atoms with Gasteiger partial charge in [-0.15, -0.1) is 0 Å². The molecule has 7 rings (SSSR count). The van der Waals surface area contributed by atoms with Gasteiger partial charge in [0.15, 0.2) is 0 Å². The molecule has 0 bridgehead atoms. The molecule has 3 heterocycles. The van der Waals surface area contributed by atoms with Gasteiger partial charge in [-0.1, -0.05) is 66.7 Å². The summed E-state index contributed by atoms with van der Waals surface area (Å²) in [5.41, 5.74) is 7.47. The Hall–Kier alpha value is -4.82. The first kappa shape index (κ1) is 28.0. The van der Waals surface area contributed by atoms with Crippen LogP contribution in [0.15, 0.2) is 91.1 Å². The Kier molecular flexibility index (Phi) is 7.44. The van der Waals surface area contributed by atoms with E-state index in [4.69, 9.17) is 4.98 Å². The number of rotatable bonds is 7. The maximum absolute atomic E-state index is 12.9. The lowest BCUT2D eigenvalue weighted by atomic mass is 9.89. The zero-order valence-corrected chi connectivity index (χ0v) is 24.4. The molecule has 2 atom stereocenters. The van der Waals surface area contributed by atoms with Crippen LogP contribution in [0, 0.1) is 0 Å². The Labute approximate surface area is 256 Å². The van der Waals surface area contributed by atoms with Gasteiger partial charge in [-0.05, 0) is 71.7 Å². The van der Waals surface area contributed by atoms with Crippen molar-refractivity contribution in [2.24, 2.45) is 0 Å². The molecule has 4 aromatic rings. The molecule has 0 unspecified atom stereocenters. The number of benzene rings is 3. The highest BCUT2D eigenvalue weighted by molar-refractivity contribution is 6.21. The molecule has 0 fully saturated rings. The molecule has 8 heteroatoms. The lowest BCUT2D eigenvalue weighted by Gasteiger charge is -2.41. The number of nitrogens with zero attached hydrogens (tertiary/aromatic N) is 4. The summed E-state index contributed by atoms with van der Waals surface area (Å²) < 4.78 is 0. The molecule has 1 N–H and O–H groups in total. The number of carbonyl (C=O) groups is 3. The standard InChI is InChI=1S/C36H34N4O4/c41-34-30-11-3-4-12-31(30)35(42)40(34)21-25-16-14-24(15-17-25)20-38(32-13-5-9-26-10-6-18-37-33(26)32)23-29-19-27-7-1-2-8-28(27)22-39(29)36(43)44/h1-4,6-8,10-12,14-18,29,32H,5,9,13,19-23H2,(H,43,44)/t29-,32+/m1/s1. The summed E-state index contributed by atoms with van der Waals surface area (Å²) in [7, 11) is 0. The molecule has 0 radical (unpaired) electrons. The van der Waals surface area contributed by atoms with Crippen molar-refractivity contribution in [2.45, 2.75) is 57.4 Å². The summed E-state index contributed by atoms with van der Waals surface area (Å²) in [6, 6.07) is 27.1. The molecule has 44 heavy (non-hydrogen) atoms. The number of aryl methyl sites for hydroxylation is 1. The number of aromatic nitrogens is 1. The van der Waals surface area contributed by atoms with Crippen molar-refractivity contribution in [3.05, 3.63) is 136 Å². The van der Waals surface area contributed by atoms with Gasteiger partial charge >= 0.3 is 6.09 Å². The van der Waals surface area contributed by atoms with Crippen molar-refractivity contribution in [2.75, 3.05) is 6.54 Å². The molecular weight excluding hydrogens is 552 g/mol. The third-order valence-corrected chi connectivity index (χ3v) is 9.28. The summed E-state index contributed by atoms with van der Waals surface area (Å²) in [5.74, 6) is -0.525. The number of amides is 3. The molecule has 2 aliphatic heterocycles. The third-order valence-electron chi connectivity index (χ3n) is 9.28. The molecule has 8 nitrogen and oxygen atoms in total. The number of fused-ring (bicyclic) bond motifs is 3. The second kappa shape index (κ2) is 11.7. The van der Waals surface area contributed by atoms with Crippen molar-refractivity contribution < 1.29 is 19.5 Å². The summed E-state index contributed by atoms with van der Waals surface area (Å²) in [6.07, 6.45) is 4.62. The van der Waals surface area contributed by atoms with Gasteiger partial charge in [-0.2, -0.15) is 0 Å². The van der Waals surface area contributed by atoms with E-state index < -0.39 is 6.09 Å². The van der Waals surface area contributed by atoms with Crippen molar-refractivity contribution in [3.8, 4) is 0 Å². The highest BCUT2D eigenvalue weighted by Crippen LogP contribution is 2.35. The number of imide groups is 1. The molecule has 0 saturated heterocycles. The zero-order chi connectivity index (χ0) is 30.2. The highest BCUT2D eigenvalue weighted by Gasteiger charge is 2.36. The van der Waals surface area contributed by atoms with Gasteiger partial charge in [0.2, 0.25) is 0 Å². The Bertz CT molecular complexity index is 1700.